The Bertz CT molecular complexity index is 4850. The summed E-state index contributed by atoms with van der Waals surface area (Å²) in [4.78, 5) is 5.49. The quantitative estimate of drug-likeness (QED) is 0.113. The number of para-hydroxylation sites is 2. The van der Waals surface area contributed by atoms with Crippen molar-refractivity contribution in [3.05, 3.63) is 313 Å². The van der Waals surface area contributed by atoms with Crippen LogP contribution in [0.2, 0.25) is 0 Å². The summed E-state index contributed by atoms with van der Waals surface area (Å²) in [6, 6.07) is 99.8. The molecule has 0 saturated carbocycles. The number of nitrogens with one attached hydrogen (secondary N) is 1. The average molecular weight is 1050 g/mol. The third kappa shape index (κ3) is 8.32. The first-order chi connectivity index (χ1) is 40.5. The molecule has 1 aliphatic heterocycles. The summed E-state index contributed by atoms with van der Waals surface area (Å²) in [5.74, 6) is 0.828. The van der Waals surface area contributed by atoms with Gasteiger partial charge in [0, 0.05) is 33.6 Å². The molecule has 0 spiro atoms. The van der Waals surface area contributed by atoms with Crippen molar-refractivity contribution in [3.63, 3.8) is 0 Å². The smallest absolute Gasteiger partial charge is 0.138 e. The molecule has 15 rings (SSSR count). The Morgan fingerprint density at radius 3 is 1.66 bits per heavy atom. The maximum absolute atomic E-state index is 5.49. The molecule has 0 aliphatic carbocycles. The van der Waals surface area contributed by atoms with Crippen molar-refractivity contribution < 1.29 is 0 Å². The van der Waals surface area contributed by atoms with Crippen LogP contribution in [0.4, 0.5) is 0 Å². The molecule has 1 atom stereocenters. The second-order valence-corrected chi connectivity index (χ2v) is 21.8. The van der Waals surface area contributed by atoms with Crippen molar-refractivity contribution in [2.75, 3.05) is 0 Å². The highest BCUT2D eigenvalue weighted by atomic mass is 15.0. The molecule has 1 unspecified atom stereocenters. The van der Waals surface area contributed by atoms with Gasteiger partial charge in [0.05, 0.1) is 16.7 Å². The fourth-order valence-electron chi connectivity index (χ4n) is 13.2. The Hall–Kier alpha value is -10.4. The van der Waals surface area contributed by atoms with Crippen LogP contribution in [0.1, 0.15) is 41.5 Å². The Kier molecular flexibility index (Phi) is 12.1. The van der Waals surface area contributed by atoms with Gasteiger partial charge in [0.15, 0.2) is 0 Å². The summed E-state index contributed by atoms with van der Waals surface area (Å²) in [5, 5.41) is 16.4. The summed E-state index contributed by atoms with van der Waals surface area (Å²) in [5.41, 5.74) is 20.1. The molecule has 1 aromatic heterocycles. The average Bonchev–Trinajstić information content (AvgIpc) is 3.97. The number of amidine groups is 1. The second kappa shape index (κ2) is 20.4. The Balaban J connectivity index is 0.797. The van der Waals surface area contributed by atoms with E-state index in [4.69, 9.17) is 4.99 Å². The van der Waals surface area contributed by atoms with Crippen LogP contribution in [0.15, 0.2) is 296 Å². The van der Waals surface area contributed by atoms with Crippen molar-refractivity contribution >= 4 is 76.4 Å². The molecule has 3 nitrogen and oxygen atoms in total. The third-order valence-corrected chi connectivity index (χ3v) is 17.1. The minimum absolute atomic E-state index is 0.0135. The van der Waals surface area contributed by atoms with Crippen molar-refractivity contribution in [2.24, 2.45) is 4.99 Å². The molecule has 388 valence electrons. The van der Waals surface area contributed by atoms with Gasteiger partial charge in [0.1, 0.15) is 5.84 Å². The van der Waals surface area contributed by atoms with Crippen LogP contribution in [0, 0.1) is 6.92 Å². The maximum atomic E-state index is 5.49. The minimum Gasteiger partial charge on any atom is -0.343 e. The zero-order valence-electron chi connectivity index (χ0n) is 45.8. The van der Waals surface area contributed by atoms with Crippen LogP contribution in [-0.2, 0) is 0 Å². The highest BCUT2D eigenvalue weighted by molar-refractivity contribution is 6.23. The highest BCUT2D eigenvalue weighted by Gasteiger charge is 2.24. The van der Waals surface area contributed by atoms with Crippen LogP contribution in [-0.4, -0.2) is 10.4 Å². The van der Waals surface area contributed by atoms with Gasteiger partial charge in [-0.2, -0.15) is 0 Å². The van der Waals surface area contributed by atoms with Crippen LogP contribution >= 0.6 is 0 Å². The molecular weight excluding hydrogens is 991 g/mol. The molecule has 3 heteroatoms. The number of aliphatic imine (C=N–C) groups is 1. The number of hydrogen-bond acceptors (Lipinski definition) is 2. The number of fused-ring (bicyclic) bond motifs is 8. The zero-order valence-corrected chi connectivity index (χ0v) is 45.8. The van der Waals surface area contributed by atoms with Gasteiger partial charge in [-0.3, -0.25) is 0 Å². The molecule has 0 amide bonds. The van der Waals surface area contributed by atoms with Gasteiger partial charge in [-0.1, -0.05) is 268 Å². The van der Waals surface area contributed by atoms with Gasteiger partial charge in [-0.25, -0.2) is 4.99 Å². The van der Waals surface area contributed by atoms with E-state index in [-0.39, 0.29) is 5.92 Å². The normalized spacial score (nSPS) is 13.2. The van der Waals surface area contributed by atoms with E-state index in [1.165, 1.54) is 115 Å². The van der Waals surface area contributed by atoms with E-state index in [9.17, 15) is 0 Å². The molecule has 14 aromatic rings. The predicted octanol–water partition coefficient (Wildman–Crippen LogP) is 20.8. The van der Waals surface area contributed by atoms with Gasteiger partial charge in [0.25, 0.3) is 0 Å². The summed E-state index contributed by atoms with van der Waals surface area (Å²) in [7, 11) is 0. The van der Waals surface area contributed by atoms with Gasteiger partial charge < -0.3 is 9.88 Å². The van der Waals surface area contributed by atoms with Crippen LogP contribution in [0.5, 0.6) is 0 Å². The lowest BCUT2D eigenvalue weighted by Gasteiger charge is -2.24. The molecule has 13 aromatic carbocycles. The molecule has 0 saturated heterocycles. The molecule has 1 N–H and O–H groups in total. The fourth-order valence-corrected chi connectivity index (χ4v) is 13.2. The van der Waals surface area contributed by atoms with E-state index in [2.05, 4.69) is 309 Å². The van der Waals surface area contributed by atoms with Gasteiger partial charge in [-0.15, -0.1) is 0 Å². The number of hydrogen-bond donors (Lipinski definition) is 1. The van der Waals surface area contributed by atoms with Crippen molar-refractivity contribution in [1.29, 1.82) is 0 Å². The summed E-state index contributed by atoms with van der Waals surface area (Å²) in [6.07, 6.45) is 5.36. The lowest BCUT2D eigenvalue weighted by atomic mass is 9.85. The number of nitrogens with zero attached hydrogens (tertiary/aromatic N) is 2. The van der Waals surface area contributed by atoms with E-state index in [1.54, 1.807) is 0 Å². The molecule has 0 bridgehead atoms. The van der Waals surface area contributed by atoms with E-state index in [0.29, 0.717) is 0 Å². The first-order valence-electron chi connectivity index (χ1n) is 28.6. The lowest BCUT2D eigenvalue weighted by Crippen LogP contribution is -2.27. The topological polar surface area (TPSA) is 29.3 Å². The number of allylic oxidation sites excluding steroid dienone is 3. The molecule has 0 radical (unpaired) electrons. The summed E-state index contributed by atoms with van der Waals surface area (Å²) < 4.78 is 2.44. The lowest BCUT2D eigenvalue weighted by molar-refractivity contribution is 0.825. The summed E-state index contributed by atoms with van der Waals surface area (Å²) >= 11 is 0. The van der Waals surface area contributed by atoms with Crippen LogP contribution < -0.4 is 5.32 Å². The van der Waals surface area contributed by atoms with Crippen molar-refractivity contribution in [1.82, 2.24) is 9.88 Å². The monoisotopic (exact) mass is 1050 g/mol. The first-order valence-corrected chi connectivity index (χ1v) is 28.6. The number of aryl methyl sites for hydroxylation is 1. The highest BCUT2D eigenvalue weighted by Crippen LogP contribution is 2.46. The molecule has 0 fully saturated rings. The largest absolute Gasteiger partial charge is 0.343 e. The zero-order chi connectivity index (χ0) is 54.7. The minimum atomic E-state index is 0.0135. The molecular formula is C79H57N3. The number of benzene rings is 13. The molecule has 1 aliphatic rings. The van der Waals surface area contributed by atoms with E-state index in [0.717, 1.165) is 46.0 Å². The summed E-state index contributed by atoms with van der Waals surface area (Å²) in [6.45, 7) is 4.62. The SMILES string of the molecule is Cc1c(-c2ccccc2C(C)C2=CCC=C(c3ccccc3)N=C(c3ccc(-c4cccc5c4ccc4ccc(-c6c7ccccc7c(-c7ccccc7)c7ccccc67)cc45)cc3)N2)ccc2c3ccccc3n(-c3ccccc3)c12. The fraction of sp³-hybridized carbons (Fsp3) is 0.0506. The van der Waals surface area contributed by atoms with Gasteiger partial charge >= 0.3 is 0 Å². The van der Waals surface area contributed by atoms with E-state index in [1.807, 2.05) is 0 Å². The Labute approximate surface area is 478 Å². The Morgan fingerprint density at radius 2 is 0.939 bits per heavy atom. The van der Waals surface area contributed by atoms with Crippen LogP contribution in [0.3, 0.4) is 0 Å². The third-order valence-electron chi connectivity index (χ3n) is 17.1. The standard InChI is InChI=1S/C79H57N3/c1-51(60-28-12-13-29-63(60)61-48-49-71-66-30-18-19-39-75(66)82(78(71)52(61)2)59-26-10-5-11-27-59)73-37-21-38-74(55-22-6-3-7-23-55)81-79(80-73)57-43-40-53(41-44-57)62-35-20-36-64-65(62)47-46-54-42-45-58(50-72(54)64)77-69-33-16-14-31-67(69)76(56-24-8-4-9-25-56)68-32-15-17-34-70(68)77/h3-20,22-51H,21H2,1-2H3,(H,80,81). The predicted molar refractivity (Wildman–Crippen MR) is 349 cm³/mol. The molecule has 2 heterocycles. The maximum Gasteiger partial charge on any atom is 0.138 e. The Morgan fingerprint density at radius 1 is 0.390 bits per heavy atom. The van der Waals surface area contributed by atoms with E-state index >= 15 is 0 Å². The number of rotatable bonds is 9. The first kappa shape index (κ1) is 48.8. The van der Waals surface area contributed by atoms with Gasteiger partial charge in [-0.05, 0) is 142 Å². The van der Waals surface area contributed by atoms with Crippen molar-refractivity contribution in [2.45, 2.75) is 26.2 Å². The molecule has 82 heavy (non-hydrogen) atoms. The number of aromatic nitrogens is 1. The second-order valence-electron chi connectivity index (χ2n) is 21.8. The van der Waals surface area contributed by atoms with Crippen molar-refractivity contribution in [3.8, 4) is 50.2 Å². The van der Waals surface area contributed by atoms with Crippen LogP contribution in [0.25, 0.3) is 121 Å². The van der Waals surface area contributed by atoms with Gasteiger partial charge in [0.2, 0.25) is 0 Å². The van der Waals surface area contributed by atoms with E-state index < -0.39 is 0 Å².